The minimum Gasteiger partial charge on any atom is -0.369 e. The van der Waals surface area contributed by atoms with Gasteiger partial charge in [-0.1, -0.05) is 30.3 Å². The van der Waals surface area contributed by atoms with Crippen LogP contribution < -0.4 is 9.21 Å². The summed E-state index contributed by atoms with van der Waals surface area (Å²) in [6.07, 6.45) is 0. The number of nitrogens with zero attached hydrogens (tertiary/aromatic N) is 5. The van der Waals surface area contributed by atoms with Gasteiger partial charge in [0.2, 0.25) is 15.8 Å². The van der Waals surface area contributed by atoms with Gasteiger partial charge < -0.3 is 15.0 Å². The molecule has 3 aromatic rings. The molecule has 0 atom stereocenters. The summed E-state index contributed by atoms with van der Waals surface area (Å²) >= 11 is 11.8. The van der Waals surface area contributed by atoms with E-state index in [1.54, 1.807) is 42.5 Å². The lowest BCUT2D eigenvalue weighted by molar-refractivity contribution is -0.391. The second-order valence-electron chi connectivity index (χ2n) is 8.65. The van der Waals surface area contributed by atoms with E-state index in [-0.39, 0.29) is 17.3 Å². The van der Waals surface area contributed by atoms with Crippen LogP contribution >= 0.6 is 23.2 Å². The average molecular weight is 555 g/mol. The molecule has 0 amide bonds. The van der Waals surface area contributed by atoms with Crippen LogP contribution in [0.15, 0.2) is 54.6 Å². The van der Waals surface area contributed by atoms with E-state index < -0.39 is 19.7 Å². The number of sulfonamides is 1. The summed E-state index contributed by atoms with van der Waals surface area (Å²) < 4.78 is 28.5. The molecule has 12 heteroatoms. The number of hydrogen-bond acceptors (Lipinski definition) is 6. The van der Waals surface area contributed by atoms with E-state index in [0.29, 0.717) is 36.1 Å². The Morgan fingerprint density at radius 3 is 2.03 bits per heavy atom. The van der Waals surface area contributed by atoms with E-state index in [9.17, 15) is 18.5 Å². The molecular formula is C24H29Cl2N5O4S. The van der Waals surface area contributed by atoms with Crippen LogP contribution in [0.1, 0.15) is 19.7 Å². The standard InChI is InChI=1S/C24H29Cl2N5O4S/c1-24(2,23-27-21(18-8-6-5-7-9-18)22(28(23)3)31(32)33)36(34,35)29(4)19-10-12-20(13-11-19)30(16-14-25)17-15-26/h5-13H,14-17H2,1-4H3. The molecule has 0 aliphatic rings. The number of imidazole rings is 1. The van der Waals surface area contributed by atoms with Crippen LogP contribution in [0.5, 0.6) is 0 Å². The smallest absolute Gasteiger partial charge is 0.350 e. The van der Waals surface area contributed by atoms with Crippen molar-refractivity contribution in [2.75, 3.05) is 41.1 Å². The minimum absolute atomic E-state index is 0.0620. The van der Waals surface area contributed by atoms with E-state index in [4.69, 9.17) is 23.2 Å². The number of benzene rings is 2. The Labute approximate surface area is 221 Å². The zero-order chi connectivity index (χ0) is 26.7. The van der Waals surface area contributed by atoms with Crippen LogP contribution in [-0.2, 0) is 21.8 Å². The fraction of sp³-hybridized carbons (Fsp3) is 0.375. The van der Waals surface area contributed by atoms with E-state index in [1.807, 2.05) is 17.0 Å². The minimum atomic E-state index is -4.06. The van der Waals surface area contributed by atoms with Crippen molar-refractivity contribution in [2.45, 2.75) is 18.6 Å². The lowest BCUT2D eigenvalue weighted by Crippen LogP contribution is -2.42. The van der Waals surface area contributed by atoms with Gasteiger partial charge in [-0.3, -0.25) is 4.31 Å². The Morgan fingerprint density at radius 1 is 1.00 bits per heavy atom. The molecule has 0 fully saturated rings. The number of aromatic nitrogens is 2. The van der Waals surface area contributed by atoms with Crippen molar-refractivity contribution in [2.24, 2.45) is 7.05 Å². The molecule has 2 aromatic carbocycles. The molecule has 194 valence electrons. The average Bonchev–Trinajstić information content (AvgIpc) is 3.22. The molecule has 0 saturated heterocycles. The molecule has 0 bridgehead atoms. The highest BCUT2D eigenvalue weighted by atomic mass is 35.5. The van der Waals surface area contributed by atoms with E-state index in [1.165, 1.54) is 36.8 Å². The maximum Gasteiger partial charge on any atom is 0.350 e. The van der Waals surface area contributed by atoms with Crippen molar-refractivity contribution >= 4 is 50.4 Å². The fourth-order valence-corrected chi connectivity index (χ4v) is 5.98. The highest BCUT2D eigenvalue weighted by Gasteiger charge is 2.47. The SMILES string of the molecule is CN(c1ccc(N(CCCl)CCCl)cc1)S(=O)(=O)C(C)(C)c1nc(-c2ccccc2)c([N+](=O)[O-])n1C. The highest BCUT2D eigenvalue weighted by Crippen LogP contribution is 2.39. The zero-order valence-electron chi connectivity index (χ0n) is 20.6. The molecule has 0 spiro atoms. The summed E-state index contributed by atoms with van der Waals surface area (Å²) in [4.78, 5) is 17.9. The number of anilines is 2. The van der Waals surface area contributed by atoms with Gasteiger partial charge in [0, 0.05) is 43.1 Å². The molecular weight excluding hydrogens is 525 g/mol. The van der Waals surface area contributed by atoms with Crippen molar-refractivity contribution in [3.63, 3.8) is 0 Å². The van der Waals surface area contributed by atoms with Gasteiger partial charge in [-0.05, 0) is 43.0 Å². The number of hydrogen-bond donors (Lipinski definition) is 0. The molecule has 3 rings (SSSR count). The predicted octanol–water partition coefficient (Wildman–Crippen LogP) is 4.98. The molecule has 1 heterocycles. The van der Waals surface area contributed by atoms with Crippen LogP contribution in [0, 0.1) is 10.1 Å². The van der Waals surface area contributed by atoms with E-state index in [0.717, 1.165) is 5.69 Å². The number of alkyl halides is 2. The van der Waals surface area contributed by atoms with Gasteiger partial charge in [-0.15, -0.1) is 23.2 Å². The predicted molar refractivity (Wildman–Crippen MR) is 146 cm³/mol. The quantitative estimate of drug-likeness (QED) is 0.188. The van der Waals surface area contributed by atoms with Gasteiger partial charge in [0.25, 0.3) is 0 Å². The molecule has 1 aromatic heterocycles. The van der Waals surface area contributed by atoms with E-state index in [2.05, 4.69) is 4.98 Å². The first kappa shape index (κ1) is 27.8. The fourth-order valence-electron chi connectivity index (χ4n) is 4.07. The Bertz CT molecular complexity index is 1310. The van der Waals surface area contributed by atoms with Gasteiger partial charge in [-0.25, -0.2) is 18.0 Å². The van der Waals surface area contributed by atoms with Gasteiger partial charge >= 0.3 is 5.82 Å². The molecule has 0 saturated carbocycles. The molecule has 0 N–H and O–H groups in total. The lowest BCUT2D eigenvalue weighted by Gasteiger charge is -2.30. The number of nitro groups is 1. The largest absolute Gasteiger partial charge is 0.369 e. The third-order valence-electron chi connectivity index (χ3n) is 6.12. The first-order valence-electron chi connectivity index (χ1n) is 11.2. The highest BCUT2D eigenvalue weighted by molar-refractivity contribution is 7.93. The monoisotopic (exact) mass is 553 g/mol. The summed E-state index contributed by atoms with van der Waals surface area (Å²) in [6.45, 7) is 4.21. The van der Waals surface area contributed by atoms with Crippen molar-refractivity contribution in [3.05, 3.63) is 70.5 Å². The molecule has 9 nitrogen and oxygen atoms in total. The van der Waals surface area contributed by atoms with Crippen LogP contribution in [-0.4, -0.2) is 54.8 Å². The van der Waals surface area contributed by atoms with Crippen LogP contribution in [0.4, 0.5) is 17.2 Å². The van der Waals surface area contributed by atoms with Crippen molar-refractivity contribution in [1.82, 2.24) is 9.55 Å². The summed E-state index contributed by atoms with van der Waals surface area (Å²) in [5.74, 6) is 0.654. The Kier molecular flexibility index (Phi) is 8.53. The zero-order valence-corrected chi connectivity index (χ0v) is 22.9. The van der Waals surface area contributed by atoms with Gasteiger partial charge in [0.05, 0.1) is 12.7 Å². The van der Waals surface area contributed by atoms with E-state index >= 15 is 0 Å². The molecule has 0 aliphatic carbocycles. The maximum absolute atomic E-state index is 13.8. The van der Waals surface area contributed by atoms with Crippen molar-refractivity contribution < 1.29 is 13.3 Å². The van der Waals surface area contributed by atoms with Crippen LogP contribution in [0.25, 0.3) is 11.3 Å². The van der Waals surface area contributed by atoms with Crippen molar-refractivity contribution in [3.8, 4) is 11.3 Å². The normalized spacial score (nSPS) is 11.9. The van der Waals surface area contributed by atoms with Crippen molar-refractivity contribution in [1.29, 1.82) is 0 Å². The third-order valence-corrected chi connectivity index (χ3v) is 8.86. The topological polar surface area (TPSA) is 102 Å². The van der Waals surface area contributed by atoms with Crippen LogP contribution in [0.3, 0.4) is 0 Å². The lowest BCUT2D eigenvalue weighted by atomic mass is 10.1. The Hall–Kier alpha value is -2.82. The first-order valence-corrected chi connectivity index (χ1v) is 13.7. The first-order chi connectivity index (χ1) is 17.0. The number of halogens is 2. The third kappa shape index (κ3) is 5.16. The molecule has 0 unspecified atom stereocenters. The molecule has 0 radical (unpaired) electrons. The van der Waals surface area contributed by atoms with Crippen LogP contribution in [0.2, 0.25) is 0 Å². The summed E-state index contributed by atoms with van der Waals surface area (Å²) in [5, 5.41) is 11.9. The molecule has 36 heavy (non-hydrogen) atoms. The van der Waals surface area contributed by atoms with Gasteiger partial charge in [0.1, 0.15) is 0 Å². The second-order valence-corrected chi connectivity index (χ2v) is 11.9. The Morgan fingerprint density at radius 2 is 1.53 bits per heavy atom. The number of rotatable bonds is 11. The molecule has 0 aliphatic heterocycles. The summed E-state index contributed by atoms with van der Waals surface area (Å²) in [7, 11) is -1.15. The second kappa shape index (κ2) is 11.1. The Balaban J connectivity index is 2.01. The maximum atomic E-state index is 13.8. The van der Waals surface area contributed by atoms with Gasteiger partial charge in [-0.2, -0.15) is 0 Å². The summed E-state index contributed by atoms with van der Waals surface area (Å²) in [5.41, 5.74) is 1.96. The van der Waals surface area contributed by atoms with Gasteiger partial charge in [0.15, 0.2) is 10.4 Å². The summed E-state index contributed by atoms with van der Waals surface area (Å²) in [6, 6.07) is 15.7.